The molecule has 0 aliphatic carbocycles. The van der Waals surface area contributed by atoms with Gasteiger partial charge in [0.05, 0.1) is 36.0 Å². The van der Waals surface area contributed by atoms with Crippen LogP contribution in [-0.4, -0.2) is 20.2 Å². The summed E-state index contributed by atoms with van der Waals surface area (Å²) in [4.78, 5) is 8.12. The van der Waals surface area contributed by atoms with Gasteiger partial charge in [0.2, 0.25) is 0 Å². The van der Waals surface area contributed by atoms with Gasteiger partial charge < -0.3 is 10.3 Å². The van der Waals surface area contributed by atoms with Gasteiger partial charge in [0.1, 0.15) is 5.82 Å². The number of anilines is 1. The standard InChI is InChI=1S/C13H17N5/c1-13(2,3)4-11-17-10-6-14-9-7-16-15-5-8(9)12(10)18-11/h5,7,14H,4,6H2,1-3H3,(H,17,18). The molecule has 5 heteroatoms. The zero-order valence-electron chi connectivity index (χ0n) is 10.9. The van der Waals surface area contributed by atoms with Crippen molar-refractivity contribution in [3.05, 3.63) is 23.9 Å². The van der Waals surface area contributed by atoms with E-state index in [0.29, 0.717) is 0 Å². The molecular formula is C13H17N5. The zero-order chi connectivity index (χ0) is 12.8. The molecule has 1 aliphatic rings. The van der Waals surface area contributed by atoms with E-state index in [1.54, 1.807) is 12.4 Å². The molecule has 3 heterocycles. The molecule has 3 rings (SSSR count). The zero-order valence-corrected chi connectivity index (χ0v) is 10.9. The van der Waals surface area contributed by atoms with E-state index < -0.39 is 0 Å². The van der Waals surface area contributed by atoms with E-state index in [9.17, 15) is 0 Å². The fourth-order valence-corrected chi connectivity index (χ4v) is 2.23. The number of aromatic amines is 1. The highest BCUT2D eigenvalue weighted by Gasteiger charge is 2.22. The van der Waals surface area contributed by atoms with E-state index in [2.05, 4.69) is 41.3 Å². The summed E-state index contributed by atoms with van der Waals surface area (Å²) in [6.07, 6.45) is 4.45. The number of hydrogen-bond donors (Lipinski definition) is 2. The first-order valence-electron chi connectivity index (χ1n) is 6.16. The molecule has 0 aromatic carbocycles. The largest absolute Gasteiger partial charge is 0.377 e. The topological polar surface area (TPSA) is 66.5 Å². The predicted octanol–water partition coefficient (Wildman–Crippen LogP) is 2.38. The second kappa shape index (κ2) is 3.80. The third kappa shape index (κ3) is 1.96. The Balaban J connectivity index is 2.02. The molecule has 0 saturated carbocycles. The number of rotatable bonds is 1. The van der Waals surface area contributed by atoms with E-state index in [0.717, 1.165) is 41.4 Å². The molecule has 0 atom stereocenters. The molecule has 2 aromatic rings. The smallest absolute Gasteiger partial charge is 0.107 e. The van der Waals surface area contributed by atoms with Crippen LogP contribution in [0, 0.1) is 5.41 Å². The van der Waals surface area contributed by atoms with Gasteiger partial charge in [0.15, 0.2) is 0 Å². The normalized spacial score (nSPS) is 13.7. The Morgan fingerprint density at radius 1 is 1.22 bits per heavy atom. The average Bonchev–Trinajstić information content (AvgIpc) is 2.69. The third-order valence-corrected chi connectivity index (χ3v) is 2.97. The predicted molar refractivity (Wildman–Crippen MR) is 70.1 cm³/mol. The van der Waals surface area contributed by atoms with Gasteiger partial charge in [-0.1, -0.05) is 20.8 Å². The SMILES string of the molecule is CC(C)(C)Cc1nc2c([nH]1)CNc1cnncc1-2. The highest BCUT2D eigenvalue weighted by atomic mass is 15.1. The lowest BCUT2D eigenvalue weighted by atomic mass is 9.92. The van der Waals surface area contributed by atoms with Crippen LogP contribution >= 0.6 is 0 Å². The van der Waals surface area contributed by atoms with Crippen LogP contribution in [0.25, 0.3) is 11.3 Å². The van der Waals surface area contributed by atoms with Crippen LogP contribution in [0.15, 0.2) is 12.4 Å². The summed E-state index contributed by atoms with van der Waals surface area (Å²) in [5.41, 5.74) is 4.41. The minimum Gasteiger partial charge on any atom is -0.377 e. The van der Waals surface area contributed by atoms with Crippen molar-refractivity contribution in [3.63, 3.8) is 0 Å². The van der Waals surface area contributed by atoms with Gasteiger partial charge in [-0.25, -0.2) is 4.98 Å². The van der Waals surface area contributed by atoms with E-state index in [-0.39, 0.29) is 5.41 Å². The van der Waals surface area contributed by atoms with Crippen LogP contribution in [-0.2, 0) is 13.0 Å². The molecule has 0 spiro atoms. The maximum Gasteiger partial charge on any atom is 0.107 e. The second-order valence-electron chi connectivity index (χ2n) is 5.92. The summed E-state index contributed by atoms with van der Waals surface area (Å²) in [5, 5.41) is 11.1. The van der Waals surface area contributed by atoms with Crippen LogP contribution in [0.2, 0.25) is 0 Å². The van der Waals surface area contributed by atoms with E-state index in [1.807, 2.05) is 0 Å². The molecule has 0 bridgehead atoms. The fourth-order valence-electron chi connectivity index (χ4n) is 2.23. The molecule has 0 radical (unpaired) electrons. The Bertz CT molecular complexity index is 579. The van der Waals surface area contributed by atoms with Crippen molar-refractivity contribution in [2.24, 2.45) is 5.41 Å². The Kier molecular flexibility index (Phi) is 2.36. The molecule has 1 aliphatic heterocycles. The molecule has 0 amide bonds. The number of fused-ring (bicyclic) bond motifs is 3. The lowest BCUT2D eigenvalue weighted by Crippen LogP contribution is -2.10. The maximum atomic E-state index is 4.71. The highest BCUT2D eigenvalue weighted by molar-refractivity contribution is 5.78. The van der Waals surface area contributed by atoms with Crippen LogP contribution < -0.4 is 5.32 Å². The van der Waals surface area contributed by atoms with Gasteiger partial charge in [0.25, 0.3) is 0 Å². The summed E-state index contributed by atoms with van der Waals surface area (Å²) >= 11 is 0. The number of hydrogen-bond acceptors (Lipinski definition) is 4. The Morgan fingerprint density at radius 3 is 2.78 bits per heavy atom. The van der Waals surface area contributed by atoms with Crippen molar-refractivity contribution in [2.75, 3.05) is 5.32 Å². The molecule has 0 saturated heterocycles. The van der Waals surface area contributed by atoms with Crippen LogP contribution in [0.4, 0.5) is 5.69 Å². The Morgan fingerprint density at radius 2 is 2.00 bits per heavy atom. The van der Waals surface area contributed by atoms with E-state index in [1.165, 1.54) is 0 Å². The van der Waals surface area contributed by atoms with Crippen molar-refractivity contribution >= 4 is 5.69 Å². The first-order chi connectivity index (χ1) is 8.53. The number of nitrogens with one attached hydrogen (secondary N) is 2. The minimum atomic E-state index is 0.229. The van der Waals surface area contributed by atoms with Crippen LogP contribution in [0.3, 0.4) is 0 Å². The minimum absolute atomic E-state index is 0.229. The van der Waals surface area contributed by atoms with Gasteiger partial charge in [-0.05, 0) is 5.41 Å². The maximum absolute atomic E-state index is 4.71. The van der Waals surface area contributed by atoms with E-state index in [4.69, 9.17) is 4.98 Å². The summed E-state index contributed by atoms with van der Waals surface area (Å²) < 4.78 is 0. The molecule has 2 aromatic heterocycles. The van der Waals surface area contributed by atoms with Crippen LogP contribution in [0.1, 0.15) is 32.3 Å². The molecule has 94 valence electrons. The number of imidazole rings is 1. The molecular weight excluding hydrogens is 226 g/mol. The number of H-pyrrole nitrogens is 1. The lowest BCUT2D eigenvalue weighted by molar-refractivity contribution is 0.402. The molecule has 0 unspecified atom stereocenters. The van der Waals surface area contributed by atoms with Gasteiger partial charge in [0, 0.05) is 12.0 Å². The van der Waals surface area contributed by atoms with Gasteiger partial charge in [-0.2, -0.15) is 10.2 Å². The summed E-state index contributed by atoms with van der Waals surface area (Å²) in [5.74, 6) is 1.04. The van der Waals surface area contributed by atoms with Crippen LogP contribution in [0.5, 0.6) is 0 Å². The quantitative estimate of drug-likeness (QED) is 0.807. The second-order valence-corrected chi connectivity index (χ2v) is 5.92. The fraction of sp³-hybridized carbons (Fsp3) is 0.462. The average molecular weight is 243 g/mol. The van der Waals surface area contributed by atoms with Crippen molar-refractivity contribution in [1.82, 2.24) is 20.2 Å². The van der Waals surface area contributed by atoms with Crippen molar-refractivity contribution < 1.29 is 0 Å². The van der Waals surface area contributed by atoms with Gasteiger partial charge in [-0.3, -0.25) is 0 Å². The first-order valence-corrected chi connectivity index (χ1v) is 6.16. The lowest BCUT2D eigenvalue weighted by Gasteiger charge is -2.15. The van der Waals surface area contributed by atoms with Crippen molar-refractivity contribution in [2.45, 2.75) is 33.7 Å². The molecule has 0 fully saturated rings. The first kappa shape index (κ1) is 11.2. The molecule has 18 heavy (non-hydrogen) atoms. The number of nitrogens with zero attached hydrogens (tertiary/aromatic N) is 3. The summed E-state index contributed by atoms with van der Waals surface area (Å²) in [6.45, 7) is 7.41. The highest BCUT2D eigenvalue weighted by Crippen LogP contribution is 2.33. The summed E-state index contributed by atoms with van der Waals surface area (Å²) in [6, 6.07) is 0. The van der Waals surface area contributed by atoms with Crippen molar-refractivity contribution in [1.29, 1.82) is 0 Å². The monoisotopic (exact) mass is 243 g/mol. The Hall–Kier alpha value is -1.91. The molecule has 5 nitrogen and oxygen atoms in total. The third-order valence-electron chi connectivity index (χ3n) is 2.97. The summed E-state index contributed by atoms with van der Waals surface area (Å²) in [7, 11) is 0. The van der Waals surface area contributed by atoms with Crippen molar-refractivity contribution in [3.8, 4) is 11.3 Å². The molecule has 2 N–H and O–H groups in total. The van der Waals surface area contributed by atoms with E-state index >= 15 is 0 Å². The number of aromatic nitrogens is 4. The Labute approximate surface area is 106 Å². The van der Waals surface area contributed by atoms with Gasteiger partial charge in [-0.15, -0.1) is 0 Å². The van der Waals surface area contributed by atoms with Gasteiger partial charge >= 0.3 is 0 Å².